The van der Waals surface area contributed by atoms with Crippen molar-refractivity contribution >= 4 is 5.91 Å². The molecule has 0 radical (unpaired) electrons. The minimum absolute atomic E-state index is 0.0315. The molecule has 1 fully saturated rings. The van der Waals surface area contributed by atoms with Gasteiger partial charge in [0.05, 0.1) is 17.8 Å². The van der Waals surface area contributed by atoms with Gasteiger partial charge in [0.1, 0.15) is 5.69 Å². The van der Waals surface area contributed by atoms with Gasteiger partial charge in [0.15, 0.2) is 0 Å². The summed E-state index contributed by atoms with van der Waals surface area (Å²) in [6.45, 7) is 8.35. The Morgan fingerprint density at radius 3 is 2.73 bits per heavy atom. The molecule has 1 aliphatic heterocycles. The SMILES string of the molecule is CCn1nc(C(C)C)cc1C(=O)N1CCC(O)(CN(C)C)C1. The fourth-order valence-corrected chi connectivity index (χ4v) is 3.04. The van der Waals surface area contributed by atoms with E-state index >= 15 is 0 Å². The molecule has 1 aromatic rings. The van der Waals surface area contributed by atoms with Crippen LogP contribution in [0.25, 0.3) is 0 Å². The lowest BCUT2D eigenvalue weighted by Gasteiger charge is -2.26. The lowest BCUT2D eigenvalue weighted by atomic mass is 10.0. The molecule has 2 heterocycles. The van der Waals surface area contributed by atoms with Gasteiger partial charge in [0, 0.05) is 19.6 Å². The summed E-state index contributed by atoms with van der Waals surface area (Å²) in [5, 5.41) is 15.1. The third kappa shape index (κ3) is 3.50. The van der Waals surface area contributed by atoms with Crippen molar-refractivity contribution in [3.63, 3.8) is 0 Å². The first kappa shape index (κ1) is 17.0. The normalized spacial score (nSPS) is 22.1. The van der Waals surface area contributed by atoms with Crippen molar-refractivity contribution in [2.75, 3.05) is 33.7 Å². The van der Waals surface area contributed by atoms with Crippen LogP contribution in [0.15, 0.2) is 6.07 Å². The Hall–Kier alpha value is -1.40. The van der Waals surface area contributed by atoms with Gasteiger partial charge < -0.3 is 14.9 Å². The predicted octanol–water partition coefficient (Wildman–Crippen LogP) is 1.16. The van der Waals surface area contributed by atoms with Crippen LogP contribution >= 0.6 is 0 Å². The molecule has 2 rings (SSSR count). The number of likely N-dealkylation sites (N-methyl/N-ethyl adjacent to an activating group) is 1. The van der Waals surface area contributed by atoms with Crippen molar-refractivity contribution in [3.05, 3.63) is 17.5 Å². The van der Waals surface area contributed by atoms with Crippen LogP contribution in [0.5, 0.6) is 0 Å². The van der Waals surface area contributed by atoms with Crippen molar-refractivity contribution in [3.8, 4) is 0 Å². The van der Waals surface area contributed by atoms with Crippen molar-refractivity contribution < 1.29 is 9.90 Å². The standard InChI is InChI=1S/C16H28N4O2/c1-6-20-14(9-13(17-20)12(2)3)15(21)19-8-7-16(22,11-19)10-18(4)5/h9,12,22H,6-8,10-11H2,1-5H3. The van der Waals surface area contributed by atoms with Crippen LogP contribution in [-0.2, 0) is 6.54 Å². The van der Waals surface area contributed by atoms with Crippen LogP contribution in [0.3, 0.4) is 0 Å². The summed E-state index contributed by atoms with van der Waals surface area (Å²) in [5.74, 6) is 0.263. The number of aryl methyl sites for hydroxylation is 1. The molecule has 1 unspecified atom stereocenters. The molecule has 1 amide bonds. The second-order valence-corrected chi connectivity index (χ2v) is 6.86. The largest absolute Gasteiger partial charge is 0.387 e. The highest BCUT2D eigenvalue weighted by atomic mass is 16.3. The van der Waals surface area contributed by atoms with Crippen LogP contribution in [0.1, 0.15) is 49.3 Å². The third-order valence-corrected chi connectivity index (χ3v) is 4.14. The Morgan fingerprint density at radius 1 is 1.50 bits per heavy atom. The summed E-state index contributed by atoms with van der Waals surface area (Å²) in [7, 11) is 3.87. The molecular formula is C16H28N4O2. The molecule has 0 bridgehead atoms. The number of amides is 1. The number of aromatic nitrogens is 2. The quantitative estimate of drug-likeness (QED) is 0.887. The minimum Gasteiger partial charge on any atom is -0.387 e. The number of rotatable bonds is 5. The molecule has 0 spiro atoms. The molecule has 1 aliphatic rings. The molecule has 6 nitrogen and oxygen atoms in total. The maximum absolute atomic E-state index is 12.8. The van der Waals surface area contributed by atoms with Crippen molar-refractivity contribution in [2.45, 2.75) is 45.3 Å². The van der Waals surface area contributed by atoms with E-state index in [-0.39, 0.29) is 5.91 Å². The number of likely N-dealkylation sites (tertiary alicyclic amines) is 1. The van der Waals surface area contributed by atoms with Gasteiger partial charge in [0.25, 0.3) is 5.91 Å². The zero-order valence-electron chi connectivity index (χ0n) is 14.3. The first-order valence-electron chi connectivity index (χ1n) is 8.00. The highest BCUT2D eigenvalue weighted by Gasteiger charge is 2.39. The van der Waals surface area contributed by atoms with Gasteiger partial charge in [-0.2, -0.15) is 5.10 Å². The van der Waals surface area contributed by atoms with Crippen molar-refractivity contribution in [2.24, 2.45) is 0 Å². The number of hydrogen-bond donors (Lipinski definition) is 1. The molecule has 1 aromatic heterocycles. The molecule has 22 heavy (non-hydrogen) atoms. The Kier molecular flexibility index (Phi) is 4.92. The van der Waals surface area contributed by atoms with E-state index in [0.29, 0.717) is 44.2 Å². The second kappa shape index (κ2) is 6.38. The Morgan fingerprint density at radius 2 is 2.18 bits per heavy atom. The molecule has 0 aromatic carbocycles. The fraction of sp³-hybridized carbons (Fsp3) is 0.750. The van der Waals surface area contributed by atoms with E-state index in [1.165, 1.54) is 0 Å². The van der Waals surface area contributed by atoms with Crippen molar-refractivity contribution in [1.29, 1.82) is 0 Å². The van der Waals surface area contributed by atoms with E-state index in [9.17, 15) is 9.90 Å². The fourth-order valence-electron chi connectivity index (χ4n) is 3.04. The van der Waals surface area contributed by atoms with Crippen LogP contribution in [-0.4, -0.2) is 69.9 Å². The summed E-state index contributed by atoms with van der Waals surface area (Å²) < 4.78 is 1.76. The highest BCUT2D eigenvalue weighted by Crippen LogP contribution is 2.24. The van der Waals surface area contributed by atoms with E-state index < -0.39 is 5.60 Å². The molecule has 0 aliphatic carbocycles. The maximum Gasteiger partial charge on any atom is 0.272 e. The Bertz CT molecular complexity index is 538. The van der Waals surface area contributed by atoms with E-state index in [1.807, 2.05) is 32.0 Å². The monoisotopic (exact) mass is 308 g/mol. The smallest absolute Gasteiger partial charge is 0.272 e. The topological polar surface area (TPSA) is 61.6 Å². The number of β-amino-alcohol motifs (C(OH)–C–C–N with tert-alkyl or cyclic N) is 1. The number of carbonyl (C=O) groups is 1. The number of aliphatic hydroxyl groups is 1. The minimum atomic E-state index is -0.808. The number of hydrogen-bond acceptors (Lipinski definition) is 4. The van der Waals surface area contributed by atoms with Crippen molar-refractivity contribution in [1.82, 2.24) is 19.6 Å². The van der Waals surface area contributed by atoms with Gasteiger partial charge in [-0.15, -0.1) is 0 Å². The van der Waals surface area contributed by atoms with Gasteiger partial charge in [-0.1, -0.05) is 13.8 Å². The van der Waals surface area contributed by atoms with Gasteiger partial charge >= 0.3 is 0 Å². The summed E-state index contributed by atoms with van der Waals surface area (Å²) in [6, 6.07) is 1.89. The van der Waals surface area contributed by atoms with E-state index in [0.717, 1.165) is 5.69 Å². The maximum atomic E-state index is 12.8. The van der Waals surface area contributed by atoms with Gasteiger partial charge in [-0.25, -0.2) is 0 Å². The summed E-state index contributed by atoms with van der Waals surface area (Å²) in [6.07, 6.45) is 0.619. The summed E-state index contributed by atoms with van der Waals surface area (Å²) in [4.78, 5) is 16.5. The first-order chi connectivity index (χ1) is 10.3. The molecule has 1 N–H and O–H groups in total. The van der Waals surface area contributed by atoms with Gasteiger partial charge in [-0.3, -0.25) is 9.48 Å². The van der Waals surface area contributed by atoms with Crippen LogP contribution in [0.4, 0.5) is 0 Å². The zero-order chi connectivity index (χ0) is 16.5. The molecule has 1 saturated heterocycles. The van der Waals surface area contributed by atoms with E-state index in [2.05, 4.69) is 18.9 Å². The lowest BCUT2D eigenvalue weighted by Crippen LogP contribution is -2.43. The molecular weight excluding hydrogens is 280 g/mol. The highest BCUT2D eigenvalue weighted by molar-refractivity contribution is 5.93. The average molecular weight is 308 g/mol. The lowest BCUT2D eigenvalue weighted by molar-refractivity contribution is 0.0234. The molecule has 1 atom stereocenters. The summed E-state index contributed by atoms with van der Waals surface area (Å²) in [5.41, 5.74) is 0.755. The second-order valence-electron chi connectivity index (χ2n) is 6.86. The Balaban J connectivity index is 2.16. The van der Waals surface area contributed by atoms with E-state index in [1.54, 1.807) is 9.58 Å². The van der Waals surface area contributed by atoms with E-state index in [4.69, 9.17) is 0 Å². The predicted molar refractivity (Wildman–Crippen MR) is 86.0 cm³/mol. The zero-order valence-corrected chi connectivity index (χ0v) is 14.3. The van der Waals surface area contributed by atoms with Crippen LogP contribution < -0.4 is 0 Å². The van der Waals surface area contributed by atoms with Gasteiger partial charge in [0.2, 0.25) is 0 Å². The van der Waals surface area contributed by atoms with Crippen LogP contribution in [0, 0.1) is 0 Å². The third-order valence-electron chi connectivity index (χ3n) is 4.14. The van der Waals surface area contributed by atoms with Crippen LogP contribution in [0.2, 0.25) is 0 Å². The Labute approximate surface area is 132 Å². The molecule has 124 valence electrons. The molecule has 6 heteroatoms. The van der Waals surface area contributed by atoms with Gasteiger partial charge in [-0.05, 0) is 39.4 Å². The number of carbonyl (C=O) groups excluding carboxylic acids is 1. The average Bonchev–Trinajstić information content (AvgIpc) is 3.01. The molecule has 0 saturated carbocycles. The number of nitrogens with zero attached hydrogens (tertiary/aromatic N) is 4. The first-order valence-corrected chi connectivity index (χ1v) is 8.00. The summed E-state index contributed by atoms with van der Waals surface area (Å²) >= 11 is 0.